The first kappa shape index (κ1) is 19.5. The lowest BCUT2D eigenvalue weighted by Gasteiger charge is -2.31. The molecule has 0 N–H and O–H groups in total. The standard InChI is InChI=1S/C19H22N4O5/c1-3-27-19(24)14-5-4-10-22(11-14)17-16(23(25)26)18(21-12-20-17)28-15-8-6-13(2)7-9-15/h6-9,12,14H,3-5,10-11H2,1-2H3. The number of nitro groups is 1. The Morgan fingerprint density at radius 1 is 1.32 bits per heavy atom. The molecule has 3 rings (SSSR count). The normalized spacial score (nSPS) is 16.5. The van der Waals surface area contributed by atoms with Gasteiger partial charge in [0.05, 0.1) is 17.4 Å². The van der Waals surface area contributed by atoms with Gasteiger partial charge in [-0.05, 0) is 38.8 Å². The molecule has 1 aliphatic rings. The minimum absolute atomic E-state index is 0.128. The van der Waals surface area contributed by atoms with Gasteiger partial charge in [0.2, 0.25) is 5.82 Å². The molecule has 2 aromatic rings. The van der Waals surface area contributed by atoms with Gasteiger partial charge >= 0.3 is 17.5 Å². The smallest absolute Gasteiger partial charge is 0.373 e. The van der Waals surface area contributed by atoms with Crippen LogP contribution >= 0.6 is 0 Å². The third-order valence-electron chi connectivity index (χ3n) is 4.53. The fourth-order valence-corrected chi connectivity index (χ4v) is 3.16. The lowest BCUT2D eigenvalue weighted by Crippen LogP contribution is -2.40. The Balaban J connectivity index is 1.89. The van der Waals surface area contributed by atoms with E-state index in [4.69, 9.17) is 9.47 Å². The van der Waals surface area contributed by atoms with Crippen LogP contribution in [0.5, 0.6) is 11.6 Å². The zero-order valence-electron chi connectivity index (χ0n) is 15.8. The maximum atomic E-state index is 12.1. The van der Waals surface area contributed by atoms with Crippen molar-refractivity contribution in [2.24, 2.45) is 5.92 Å². The molecule has 1 unspecified atom stereocenters. The summed E-state index contributed by atoms with van der Waals surface area (Å²) in [5.41, 5.74) is 0.733. The van der Waals surface area contributed by atoms with Crippen LogP contribution in [0, 0.1) is 23.0 Å². The van der Waals surface area contributed by atoms with Crippen LogP contribution in [0.3, 0.4) is 0 Å². The minimum Gasteiger partial charge on any atom is -0.466 e. The molecule has 0 aliphatic carbocycles. The van der Waals surface area contributed by atoms with Gasteiger partial charge < -0.3 is 14.4 Å². The molecule has 0 amide bonds. The molecule has 0 spiro atoms. The van der Waals surface area contributed by atoms with Crippen molar-refractivity contribution in [1.29, 1.82) is 0 Å². The van der Waals surface area contributed by atoms with Crippen molar-refractivity contribution in [1.82, 2.24) is 9.97 Å². The maximum absolute atomic E-state index is 12.1. The van der Waals surface area contributed by atoms with Gasteiger partial charge in [-0.1, -0.05) is 17.7 Å². The summed E-state index contributed by atoms with van der Waals surface area (Å²) in [6.07, 6.45) is 2.62. The van der Waals surface area contributed by atoms with E-state index in [1.165, 1.54) is 6.33 Å². The fraction of sp³-hybridized carbons (Fsp3) is 0.421. The Morgan fingerprint density at radius 2 is 2.07 bits per heavy atom. The summed E-state index contributed by atoms with van der Waals surface area (Å²) in [5, 5.41) is 11.8. The average molecular weight is 386 g/mol. The lowest BCUT2D eigenvalue weighted by atomic mass is 9.98. The van der Waals surface area contributed by atoms with Crippen LogP contribution in [-0.4, -0.2) is 40.6 Å². The largest absolute Gasteiger partial charge is 0.466 e. The van der Waals surface area contributed by atoms with E-state index < -0.39 is 4.92 Å². The van der Waals surface area contributed by atoms with Crippen LogP contribution in [0.2, 0.25) is 0 Å². The molecule has 1 atom stereocenters. The third-order valence-corrected chi connectivity index (χ3v) is 4.53. The van der Waals surface area contributed by atoms with E-state index in [0.717, 1.165) is 5.56 Å². The predicted molar refractivity (Wildman–Crippen MR) is 102 cm³/mol. The highest BCUT2D eigenvalue weighted by Gasteiger charge is 2.34. The molecule has 1 aromatic heterocycles. The number of carbonyl (C=O) groups is 1. The Kier molecular flexibility index (Phi) is 6.03. The summed E-state index contributed by atoms with van der Waals surface area (Å²) in [7, 11) is 0. The number of carbonyl (C=O) groups excluding carboxylic acids is 1. The van der Waals surface area contributed by atoms with Crippen molar-refractivity contribution in [2.45, 2.75) is 26.7 Å². The summed E-state index contributed by atoms with van der Waals surface area (Å²) in [6.45, 7) is 4.85. The fourth-order valence-electron chi connectivity index (χ4n) is 3.16. The molecule has 148 valence electrons. The molecule has 1 aromatic carbocycles. The molecule has 0 saturated carbocycles. The second-order valence-corrected chi connectivity index (χ2v) is 6.56. The predicted octanol–water partition coefficient (Wildman–Crippen LogP) is 3.27. The number of hydrogen-bond donors (Lipinski definition) is 0. The number of aryl methyl sites for hydroxylation is 1. The highest BCUT2D eigenvalue weighted by molar-refractivity contribution is 5.74. The number of aromatic nitrogens is 2. The van der Waals surface area contributed by atoms with Gasteiger partial charge in [-0.15, -0.1) is 0 Å². The highest BCUT2D eigenvalue weighted by Crippen LogP contribution is 2.37. The van der Waals surface area contributed by atoms with Crippen molar-refractivity contribution in [2.75, 3.05) is 24.6 Å². The number of hydrogen-bond acceptors (Lipinski definition) is 8. The molecule has 28 heavy (non-hydrogen) atoms. The number of benzene rings is 1. The van der Waals surface area contributed by atoms with Crippen molar-refractivity contribution >= 4 is 17.5 Å². The number of ether oxygens (including phenoxy) is 2. The van der Waals surface area contributed by atoms with E-state index in [1.807, 2.05) is 19.1 Å². The number of esters is 1. The van der Waals surface area contributed by atoms with E-state index in [2.05, 4.69) is 9.97 Å². The first-order valence-electron chi connectivity index (χ1n) is 9.15. The lowest BCUT2D eigenvalue weighted by molar-refractivity contribution is -0.385. The summed E-state index contributed by atoms with van der Waals surface area (Å²) in [4.78, 5) is 33.1. The molecule has 9 heteroatoms. The van der Waals surface area contributed by atoms with Crippen LogP contribution in [0.25, 0.3) is 0 Å². The van der Waals surface area contributed by atoms with Gasteiger partial charge in [-0.25, -0.2) is 4.98 Å². The number of nitrogens with zero attached hydrogens (tertiary/aromatic N) is 4. The SMILES string of the molecule is CCOC(=O)C1CCCN(c2ncnc(Oc3ccc(C)cc3)c2[N+](=O)[O-])C1. The van der Waals surface area contributed by atoms with Crippen LogP contribution in [0.15, 0.2) is 30.6 Å². The van der Waals surface area contributed by atoms with E-state index in [1.54, 1.807) is 24.0 Å². The van der Waals surface area contributed by atoms with Gasteiger partial charge in [0.1, 0.15) is 12.1 Å². The maximum Gasteiger partial charge on any atom is 0.373 e. The van der Waals surface area contributed by atoms with Crippen molar-refractivity contribution in [3.05, 3.63) is 46.3 Å². The van der Waals surface area contributed by atoms with E-state index in [0.29, 0.717) is 38.3 Å². The average Bonchev–Trinajstić information content (AvgIpc) is 2.69. The first-order chi connectivity index (χ1) is 13.5. The highest BCUT2D eigenvalue weighted by atomic mass is 16.6. The van der Waals surface area contributed by atoms with Gasteiger partial charge in [0, 0.05) is 13.1 Å². The first-order valence-corrected chi connectivity index (χ1v) is 9.15. The molecule has 1 aliphatic heterocycles. The minimum atomic E-state index is -0.549. The van der Waals surface area contributed by atoms with Crippen molar-refractivity contribution in [3.63, 3.8) is 0 Å². The molecule has 2 heterocycles. The number of rotatable bonds is 6. The molecular weight excluding hydrogens is 364 g/mol. The monoisotopic (exact) mass is 386 g/mol. The van der Waals surface area contributed by atoms with E-state index >= 15 is 0 Å². The zero-order chi connectivity index (χ0) is 20.1. The summed E-state index contributed by atoms with van der Waals surface area (Å²) >= 11 is 0. The Labute approximate surface area is 162 Å². The molecule has 1 saturated heterocycles. The van der Waals surface area contributed by atoms with Crippen LogP contribution in [-0.2, 0) is 9.53 Å². The van der Waals surface area contributed by atoms with Gasteiger partial charge in [0.15, 0.2) is 0 Å². The van der Waals surface area contributed by atoms with Crippen LogP contribution < -0.4 is 9.64 Å². The summed E-state index contributed by atoms with van der Waals surface area (Å²) in [6, 6.07) is 7.13. The van der Waals surface area contributed by atoms with Gasteiger partial charge in [-0.2, -0.15) is 4.98 Å². The topological polar surface area (TPSA) is 108 Å². The zero-order valence-corrected chi connectivity index (χ0v) is 15.8. The Morgan fingerprint density at radius 3 is 2.75 bits per heavy atom. The van der Waals surface area contributed by atoms with Crippen LogP contribution in [0.1, 0.15) is 25.3 Å². The molecule has 0 bridgehead atoms. The number of anilines is 1. The second-order valence-electron chi connectivity index (χ2n) is 6.56. The molecule has 0 radical (unpaired) electrons. The van der Waals surface area contributed by atoms with E-state index in [-0.39, 0.29) is 29.3 Å². The van der Waals surface area contributed by atoms with Crippen molar-refractivity contribution < 1.29 is 19.2 Å². The number of piperidine rings is 1. The van der Waals surface area contributed by atoms with Crippen molar-refractivity contribution in [3.8, 4) is 11.6 Å². The quantitative estimate of drug-likeness (QED) is 0.423. The second kappa shape index (κ2) is 8.64. The van der Waals surface area contributed by atoms with Gasteiger partial charge in [-0.3, -0.25) is 14.9 Å². The third kappa shape index (κ3) is 4.36. The summed E-state index contributed by atoms with van der Waals surface area (Å²) < 4.78 is 10.8. The summed E-state index contributed by atoms with van der Waals surface area (Å²) in [5.74, 6) is -0.167. The Hall–Kier alpha value is -3.23. The van der Waals surface area contributed by atoms with Gasteiger partial charge in [0.25, 0.3) is 0 Å². The molecule has 9 nitrogen and oxygen atoms in total. The van der Waals surface area contributed by atoms with E-state index in [9.17, 15) is 14.9 Å². The molecular formula is C19H22N4O5. The van der Waals surface area contributed by atoms with Crippen LogP contribution in [0.4, 0.5) is 11.5 Å². The molecule has 1 fully saturated rings. The Bertz CT molecular complexity index is 856.